The van der Waals surface area contributed by atoms with Crippen LogP contribution in [0.2, 0.25) is 5.15 Å². The summed E-state index contributed by atoms with van der Waals surface area (Å²) in [6, 6.07) is 6.55. The quantitative estimate of drug-likeness (QED) is 0.690. The Bertz CT molecular complexity index is 297. The van der Waals surface area contributed by atoms with Crippen molar-refractivity contribution in [2.45, 2.75) is 25.4 Å². The summed E-state index contributed by atoms with van der Waals surface area (Å²) in [4.78, 5) is 6.58. The van der Waals surface area contributed by atoms with Gasteiger partial charge in [-0.25, -0.2) is 4.98 Å². The zero-order valence-corrected chi connectivity index (χ0v) is 8.46. The van der Waals surface area contributed by atoms with Gasteiger partial charge in [0.25, 0.3) is 0 Å². The highest BCUT2D eigenvalue weighted by atomic mass is 35.5. The Morgan fingerprint density at radius 2 is 2.31 bits per heavy atom. The number of hydrogen-bond donors (Lipinski definition) is 0. The summed E-state index contributed by atoms with van der Waals surface area (Å²) in [5.41, 5.74) is 1.06. The van der Waals surface area contributed by atoms with Gasteiger partial charge in [0, 0.05) is 12.6 Å². The van der Waals surface area contributed by atoms with Crippen LogP contribution in [-0.2, 0) is 6.54 Å². The standard InChI is InChI=1S/C10H13ClN2/c1-13(9-5-6-9)7-8-3-2-4-10(11)12-8/h2-4,9H,5-7H2,1H3. The Balaban J connectivity index is 2.00. The molecule has 1 aliphatic carbocycles. The van der Waals surface area contributed by atoms with Crippen molar-refractivity contribution in [1.82, 2.24) is 9.88 Å². The molecule has 0 spiro atoms. The second-order valence-corrected chi connectivity index (χ2v) is 3.99. The lowest BCUT2D eigenvalue weighted by Crippen LogP contribution is -2.20. The molecule has 1 aromatic heterocycles. The highest BCUT2D eigenvalue weighted by Crippen LogP contribution is 2.26. The van der Waals surface area contributed by atoms with Crippen LogP contribution in [0, 0.1) is 0 Å². The summed E-state index contributed by atoms with van der Waals surface area (Å²) in [6.45, 7) is 0.908. The molecule has 13 heavy (non-hydrogen) atoms. The largest absolute Gasteiger partial charge is 0.298 e. The van der Waals surface area contributed by atoms with E-state index in [-0.39, 0.29) is 0 Å². The van der Waals surface area contributed by atoms with E-state index in [9.17, 15) is 0 Å². The topological polar surface area (TPSA) is 16.1 Å². The fourth-order valence-corrected chi connectivity index (χ4v) is 1.62. The minimum atomic E-state index is 0.585. The summed E-state index contributed by atoms with van der Waals surface area (Å²) in [7, 11) is 2.14. The smallest absolute Gasteiger partial charge is 0.129 e. The normalized spacial score (nSPS) is 16.5. The predicted molar refractivity (Wildman–Crippen MR) is 53.7 cm³/mol. The van der Waals surface area contributed by atoms with Crippen LogP contribution in [0.5, 0.6) is 0 Å². The van der Waals surface area contributed by atoms with Crippen molar-refractivity contribution in [2.24, 2.45) is 0 Å². The summed E-state index contributed by atoms with van der Waals surface area (Å²) >= 11 is 5.79. The van der Waals surface area contributed by atoms with Gasteiger partial charge in [-0.2, -0.15) is 0 Å². The maximum atomic E-state index is 5.79. The lowest BCUT2D eigenvalue weighted by atomic mass is 10.3. The van der Waals surface area contributed by atoms with Gasteiger partial charge >= 0.3 is 0 Å². The molecule has 1 aromatic rings. The van der Waals surface area contributed by atoms with Crippen LogP contribution in [0.4, 0.5) is 0 Å². The van der Waals surface area contributed by atoms with Crippen molar-refractivity contribution >= 4 is 11.6 Å². The molecule has 1 fully saturated rings. The third-order valence-electron chi connectivity index (χ3n) is 2.35. The van der Waals surface area contributed by atoms with Crippen LogP contribution < -0.4 is 0 Å². The predicted octanol–water partition coefficient (Wildman–Crippen LogP) is 2.33. The molecule has 3 heteroatoms. The molecule has 0 bridgehead atoms. The fraction of sp³-hybridized carbons (Fsp3) is 0.500. The first-order valence-corrected chi connectivity index (χ1v) is 4.95. The monoisotopic (exact) mass is 196 g/mol. The zero-order valence-electron chi connectivity index (χ0n) is 7.70. The van der Waals surface area contributed by atoms with Gasteiger partial charge in [0.15, 0.2) is 0 Å². The molecule has 0 amide bonds. The number of rotatable bonds is 3. The molecule has 0 aliphatic heterocycles. The van der Waals surface area contributed by atoms with Crippen molar-refractivity contribution in [3.05, 3.63) is 29.0 Å². The van der Waals surface area contributed by atoms with Crippen molar-refractivity contribution in [3.8, 4) is 0 Å². The lowest BCUT2D eigenvalue weighted by molar-refractivity contribution is 0.312. The van der Waals surface area contributed by atoms with E-state index in [4.69, 9.17) is 11.6 Å². The zero-order chi connectivity index (χ0) is 9.26. The van der Waals surface area contributed by atoms with Crippen molar-refractivity contribution in [1.29, 1.82) is 0 Å². The molecular formula is C10H13ClN2. The first kappa shape index (κ1) is 8.97. The number of pyridine rings is 1. The number of hydrogen-bond acceptors (Lipinski definition) is 2. The van der Waals surface area contributed by atoms with Crippen LogP contribution in [0.3, 0.4) is 0 Å². The Morgan fingerprint density at radius 1 is 1.54 bits per heavy atom. The number of nitrogens with zero attached hydrogens (tertiary/aromatic N) is 2. The van der Waals surface area contributed by atoms with Crippen molar-refractivity contribution in [3.63, 3.8) is 0 Å². The summed E-state index contributed by atoms with van der Waals surface area (Å²) < 4.78 is 0. The maximum absolute atomic E-state index is 5.79. The first-order valence-electron chi connectivity index (χ1n) is 4.57. The van der Waals surface area contributed by atoms with E-state index < -0.39 is 0 Å². The number of halogens is 1. The molecule has 0 atom stereocenters. The van der Waals surface area contributed by atoms with Gasteiger partial charge in [0.05, 0.1) is 5.69 Å². The van der Waals surface area contributed by atoms with Crippen LogP contribution >= 0.6 is 11.6 Å². The molecule has 1 aliphatic rings. The molecule has 0 N–H and O–H groups in total. The van der Waals surface area contributed by atoms with E-state index in [1.807, 2.05) is 18.2 Å². The highest BCUT2D eigenvalue weighted by molar-refractivity contribution is 6.29. The maximum Gasteiger partial charge on any atom is 0.129 e. The average Bonchev–Trinajstić information content (AvgIpc) is 2.85. The second-order valence-electron chi connectivity index (χ2n) is 3.60. The molecule has 0 unspecified atom stereocenters. The third kappa shape index (κ3) is 2.42. The Labute approximate surface area is 83.5 Å². The molecule has 0 radical (unpaired) electrons. The van der Waals surface area contributed by atoms with Crippen molar-refractivity contribution < 1.29 is 0 Å². The summed E-state index contributed by atoms with van der Waals surface area (Å²) in [5.74, 6) is 0. The van der Waals surface area contributed by atoms with E-state index in [0.29, 0.717) is 5.15 Å². The summed E-state index contributed by atoms with van der Waals surface area (Å²) in [5, 5.41) is 0.585. The third-order valence-corrected chi connectivity index (χ3v) is 2.56. The van der Waals surface area contributed by atoms with Gasteiger partial charge in [-0.1, -0.05) is 17.7 Å². The van der Waals surface area contributed by atoms with Crippen LogP contribution in [-0.4, -0.2) is 23.0 Å². The van der Waals surface area contributed by atoms with E-state index in [1.54, 1.807) is 0 Å². The Hall–Kier alpha value is -0.600. The van der Waals surface area contributed by atoms with Gasteiger partial charge < -0.3 is 0 Å². The number of aromatic nitrogens is 1. The first-order chi connectivity index (χ1) is 6.25. The molecule has 1 heterocycles. The van der Waals surface area contributed by atoms with Gasteiger partial charge in [0.2, 0.25) is 0 Å². The minimum Gasteiger partial charge on any atom is -0.298 e. The average molecular weight is 197 g/mol. The van der Waals surface area contributed by atoms with E-state index in [0.717, 1.165) is 18.3 Å². The van der Waals surface area contributed by atoms with Crippen molar-refractivity contribution in [2.75, 3.05) is 7.05 Å². The highest BCUT2D eigenvalue weighted by Gasteiger charge is 2.25. The molecule has 0 aromatic carbocycles. The molecule has 70 valence electrons. The van der Waals surface area contributed by atoms with Crippen LogP contribution in [0.15, 0.2) is 18.2 Å². The van der Waals surface area contributed by atoms with Crippen LogP contribution in [0.25, 0.3) is 0 Å². The molecule has 0 saturated heterocycles. The molecule has 2 nitrogen and oxygen atoms in total. The van der Waals surface area contributed by atoms with Crippen LogP contribution in [0.1, 0.15) is 18.5 Å². The Kier molecular flexibility index (Phi) is 2.51. The molecular weight excluding hydrogens is 184 g/mol. The van der Waals surface area contributed by atoms with Gasteiger partial charge in [-0.3, -0.25) is 4.90 Å². The molecule has 1 saturated carbocycles. The minimum absolute atomic E-state index is 0.585. The van der Waals surface area contributed by atoms with E-state index >= 15 is 0 Å². The van der Waals surface area contributed by atoms with Gasteiger partial charge in [-0.05, 0) is 32.0 Å². The summed E-state index contributed by atoms with van der Waals surface area (Å²) in [6.07, 6.45) is 2.66. The Morgan fingerprint density at radius 3 is 2.92 bits per heavy atom. The van der Waals surface area contributed by atoms with Gasteiger partial charge in [-0.15, -0.1) is 0 Å². The fourth-order valence-electron chi connectivity index (χ4n) is 1.44. The molecule has 2 rings (SSSR count). The van der Waals surface area contributed by atoms with Gasteiger partial charge in [0.1, 0.15) is 5.15 Å². The second kappa shape index (κ2) is 3.64. The van der Waals surface area contributed by atoms with E-state index in [2.05, 4.69) is 16.9 Å². The lowest BCUT2D eigenvalue weighted by Gasteiger charge is -2.14. The van der Waals surface area contributed by atoms with E-state index in [1.165, 1.54) is 12.8 Å². The SMILES string of the molecule is CN(Cc1cccc(Cl)n1)C1CC1.